The van der Waals surface area contributed by atoms with Crippen LogP contribution in [0.5, 0.6) is 0 Å². The number of rotatable bonds is 10. The SMILES string of the molecule is C=C.C=CC(=O)OC.C=CC(=O)OCCCC.CCCCOC(=O)C=CC(=O)O. The van der Waals surface area contributed by atoms with Crippen molar-refractivity contribution in [3.63, 3.8) is 0 Å². The van der Waals surface area contributed by atoms with E-state index in [0.29, 0.717) is 13.2 Å². The monoisotopic (exact) mass is 414 g/mol. The van der Waals surface area contributed by atoms with Crippen molar-refractivity contribution in [2.45, 2.75) is 39.5 Å². The number of methoxy groups -OCH3 is 1. The molecule has 0 bridgehead atoms. The summed E-state index contributed by atoms with van der Waals surface area (Å²) in [4.78, 5) is 40.8. The number of hydrogen-bond acceptors (Lipinski definition) is 7. The molecule has 0 spiro atoms. The molecule has 1 N–H and O–H groups in total. The lowest BCUT2D eigenvalue weighted by molar-refractivity contribution is -0.139. The van der Waals surface area contributed by atoms with Gasteiger partial charge in [-0.3, -0.25) is 0 Å². The molecule has 8 heteroatoms. The Kier molecular flexibility index (Phi) is 34.1. The maximum absolute atomic E-state index is 10.6. The van der Waals surface area contributed by atoms with Gasteiger partial charge in [0.25, 0.3) is 0 Å². The van der Waals surface area contributed by atoms with Gasteiger partial charge in [0.2, 0.25) is 0 Å². The summed E-state index contributed by atoms with van der Waals surface area (Å²) in [6.07, 6.45) is 7.66. The number of carbonyl (C=O) groups is 4. The van der Waals surface area contributed by atoms with E-state index in [0.717, 1.165) is 43.9 Å². The number of carbonyl (C=O) groups excluding carboxylic acids is 3. The predicted octanol–water partition coefficient (Wildman–Crippen LogP) is 3.63. The average molecular weight is 414 g/mol. The van der Waals surface area contributed by atoms with Gasteiger partial charge in [-0.2, -0.15) is 0 Å². The van der Waals surface area contributed by atoms with Gasteiger partial charge in [0.15, 0.2) is 0 Å². The molecular formula is C21H34O8. The van der Waals surface area contributed by atoms with E-state index in [9.17, 15) is 19.2 Å². The van der Waals surface area contributed by atoms with Gasteiger partial charge >= 0.3 is 23.9 Å². The van der Waals surface area contributed by atoms with Crippen LogP contribution in [-0.4, -0.2) is 49.3 Å². The Hall–Kier alpha value is -3.16. The maximum atomic E-state index is 10.6. The van der Waals surface area contributed by atoms with Crippen LogP contribution < -0.4 is 0 Å². The molecule has 0 fully saturated rings. The third kappa shape index (κ3) is 40.7. The predicted molar refractivity (Wildman–Crippen MR) is 112 cm³/mol. The van der Waals surface area contributed by atoms with Crippen LogP contribution in [0.25, 0.3) is 0 Å². The Morgan fingerprint density at radius 2 is 1.21 bits per heavy atom. The smallest absolute Gasteiger partial charge is 0.331 e. The molecule has 8 nitrogen and oxygen atoms in total. The van der Waals surface area contributed by atoms with Crippen molar-refractivity contribution >= 4 is 23.9 Å². The normalized spacial score (nSPS) is 8.38. The molecule has 0 aromatic rings. The molecule has 0 radical (unpaired) electrons. The van der Waals surface area contributed by atoms with Gasteiger partial charge < -0.3 is 19.3 Å². The number of carboxylic acid groups (broad SMARTS) is 1. The van der Waals surface area contributed by atoms with Crippen LogP contribution in [0.3, 0.4) is 0 Å². The van der Waals surface area contributed by atoms with Crippen molar-refractivity contribution in [3.05, 3.63) is 50.6 Å². The summed E-state index contributed by atoms with van der Waals surface area (Å²) in [5.41, 5.74) is 0. The van der Waals surface area contributed by atoms with Crippen LogP contribution in [0.2, 0.25) is 0 Å². The molecule has 0 heterocycles. The van der Waals surface area contributed by atoms with E-state index < -0.39 is 17.9 Å². The van der Waals surface area contributed by atoms with Gasteiger partial charge in [0, 0.05) is 24.3 Å². The molecule has 0 aromatic heterocycles. The Morgan fingerprint density at radius 3 is 1.48 bits per heavy atom. The molecule has 0 amide bonds. The zero-order valence-electron chi connectivity index (χ0n) is 17.7. The number of ether oxygens (including phenoxy) is 3. The van der Waals surface area contributed by atoms with Crippen molar-refractivity contribution in [3.8, 4) is 0 Å². The molecule has 166 valence electrons. The minimum Gasteiger partial charge on any atom is -0.478 e. The van der Waals surface area contributed by atoms with Crippen LogP contribution in [-0.2, 0) is 33.4 Å². The zero-order valence-corrected chi connectivity index (χ0v) is 17.7. The molecule has 0 saturated heterocycles. The van der Waals surface area contributed by atoms with E-state index in [1.807, 2.05) is 13.8 Å². The lowest BCUT2D eigenvalue weighted by atomic mass is 10.4. The van der Waals surface area contributed by atoms with Gasteiger partial charge in [0.1, 0.15) is 0 Å². The molecular weight excluding hydrogens is 380 g/mol. The summed E-state index contributed by atoms with van der Waals surface area (Å²) in [7, 11) is 1.31. The largest absolute Gasteiger partial charge is 0.478 e. The number of unbranched alkanes of at least 4 members (excludes halogenated alkanes) is 2. The van der Waals surface area contributed by atoms with Crippen LogP contribution in [0, 0.1) is 0 Å². The lowest BCUT2D eigenvalue weighted by Crippen LogP contribution is -2.02. The Labute approximate surface area is 173 Å². The third-order valence-electron chi connectivity index (χ3n) is 2.38. The van der Waals surface area contributed by atoms with Gasteiger partial charge in [0.05, 0.1) is 20.3 Å². The Balaban J connectivity index is -0.000000163. The van der Waals surface area contributed by atoms with E-state index in [4.69, 9.17) is 5.11 Å². The molecule has 0 aliphatic carbocycles. The zero-order chi connectivity index (χ0) is 23.5. The number of aliphatic carboxylic acids is 1. The van der Waals surface area contributed by atoms with Gasteiger partial charge in [-0.25, -0.2) is 19.2 Å². The number of hydrogen-bond donors (Lipinski definition) is 1. The van der Waals surface area contributed by atoms with E-state index >= 15 is 0 Å². The minimum atomic E-state index is -1.15. The van der Waals surface area contributed by atoms with E-state index in [1.165, 1.54) is 13.2 Å². The van der Waals surface area contributed by atoms with E-state index in [1.54, 1.807) is 0 Å². The highest BCUT2D eigenvalue weighted by atomic mass is 16.5. The molecule has 0 atom stereocenters. The summed E-state index contributed by atoms with van der Waals surface area (Å²) in [5.74, 6) is -2.48. The second-order valence-electron chi connectivity index (χ2n) is 4.65. The fourth-order valence-corrected chi connectivity index (χ4v) is 0.964. The molecule has 0 aliphatic rings. The average Bonchev–Trinajstić information content (AvgIpc) is 2.74. The highest BCUT2D eigenvalue weighted by Gasteiger charge is 1.96. The molecule has 29 heavy (non-hydrogen) atoms. The van der Waals surface area contributed by atoms with Gasteiger partial charge in [-0.05, 0) is 12.8 Å². The first-order valence-electron chi connectivity index (χ1n) is 8.86. The summed E-state index contributed by atoms with van der Waals surface area (Å²) in [5, 5.41) is 8.14. The summed E-state index contributed by atoms with van der Waals surface area (Å²) in [6, 6.07) is 0. The second-order valence-corrected chi connectivity index (χ2v) is 4.65. The molecule has 0 aromatic carbocycles. The van der Waals surface area contributed by atoms with Crippen LogP contribution in [0.15, 0.2) is 50.6 Å². The van der Waals surface area contributed by atoms with Gasteiger partial charge in [-0.1, -0.05) is 39.8 Å². The van der Waals surface area contributed by atoms with E-state index in [-0.39, 0.29) is 5.97 Å². The standard InChI is InChI=1S/C8H12O4.C7H12O2.C4H6O2.C2H4/c1-2-3-6-12-8(11)5-4-7(9)10;1-3-5-6-9-7(8)4-2;1-3-4(5)6-2;1-2/h4-5H,2-3,6H2,1H3,(H,9,10);4H,2-3,5-6H2,1H3;3H,1H2,2H3;1-2H2. The second kappa shape index (κ2) is 29.6. The topological polar surface area (TPSA) is 116 Å². The van der Waals surface area contributed by atoms with Gasteiger partial charge in [-0.15, -0.1) is 13.2 Å². The van der Waals surface area contributed by atoms with Crippen molar-refractivity contribution in [1.29, 1.82) is 0 Å². The number of carboxylic acids is 1. The van der Waals surface area contributed by atoms with Crippen LogP contribution in [0.4, 0.5) is 0 Å². The van der Waals surface area contributed by atoms with Crippen molar-refractivity contribution in [2.24, 2.45) is 0 Å². The maximum Gasteiger partial charge on any atom is 0.331 e. The van der Waals surface area contributed by atoms with E-state index in [2.05, 4.69) is 40.5 Å². The first kappa shape index (κ1) is 33.4. The minimum absolute atomic E-state index is 0.330. The molecule has 0 saturated carbocycles. The summed E-state index contributed by atoms with van der Waals surface area (Å²) in [6.45, 7) is 17.3. The molecule has 0 unspecified atom stereocenters. The highest BCUT2D eigenvalue weighted by Crippen LogP contribution is 1.89. The quantitative estimate of drug-likeness (QED) is 0.189. The van der Waals surface area contributed by atoms with Crippen molar-refractivity contribution in [2.75, 3.05) is 20.3 Å². The summed E-state index contributed by atoms with van der Waals surface area (Å²) < 4.78 is 13.5. The first-order chi connectivity index (χ1) is 13.8. The first-order valence-corrected chi connectivity index (χ1v) is 8.86. The van der Waals surface area contributed by atoms with Crippen LogP contribution >= 0.6 is 0 Å². The fraction of sp³-hybridized carbons (Fsp3) is 0.429. The molecule has 0 rings (SSSR count). The molecule has 0 aliphatic heterocycles. The Morgan fingerprint density at radius 1 is 0.793 bits per heavy atom. The Bertz CT molecular complexity index is 495. The van der Waals surface area contributed by atoms with Crippen LogP contribution in [0.1, 0.15) is 39.5 Å². The van der Waals surface area contributed by atoms with Crippen molar-refractivity contribution < 1.29 is 38.5 Å². The fourth-order valence-electron chi connectivity index (χ4n) is 0.964. The summed E-state index contributed by atoms with van der Waals surface area (Å²) >= 11 is 0. The third-order valence-corrected chi connectivity index (χ3v) is 2.38. The lowest BCUT2D eigenvalue weighted by Gasteiger charge is -1.97. The van der Waals surface area contributed by atoms with Crippen molar-refractivity contribution in [1.82, 2.24) is 0 Å². The number of esters is 3. The highest BCUT2D eigenvalue weighted by molar-refractivity contribution is 5.90.